The number of aliphatic hydroxyl groups excluding tert-OH is 1. The zero-order chi connectivity index (χ0) is 13.2. The van der Waals surface area contributed by atoms with Crippen LogP contribution in [0, 0.1) is 0 Å². The van der Waals surface area contributed by atoms with Crippen LogP contribution in [0.25, 0.3) is 0 Å². The first-order chi connectivity index (χ1) is 7.75. The smallest absolute Gasteiger partial charge is 0.265 e. The van der Waals surface area contributed by atoms with Crippen LogP contribution >= 0.6 is 11.6 Å². The summed E-state index contributed by atoms with van der Waals surface area (Å²) < 4.78 is 50.1. The van der Waals surface area contributed by atoms with Gasteiger partial charge in [-0.25, -0.2) is 21.9 Å². The van der Waals surface area contributed by atoms with E-state index in [4.69, 9.17) is 16.7 Å². The minimum absolute atomic E-state index is 0.133. The molecule has 0 saturated carbocycles. The van der Waals surface area contributed by atoms with E-state index in [2.05, 4.69) is 5.10 Å². The number of hydrogen-bond donors (Lipinski definition) is 2. The molecule has 0 bridgehead atoms. The van der Waals surface area contributed by atoms with E-state index in [9.17, 15) is 17.2 Å². The van der Waals surface area contributed by atoms with Crippen LogP contribution in [0.4, 0.5) is 8.78 Å². The topological polar surface area (TPSA) is 84.2 Å². The molecule has 1 aromatic heterocycles. The lowest BCUT2D eigenvalue weighted by Crippen LogP contribution is -2.36. The Bertz CT molecular complexity index is 471. The lowest BCUT2D eigenvalue weighted by molar-refractivity contribution is -0.000464. The number of aryl methyl sites for hydroxylation is 1. The standard InChI is InChI=1S/C7H10ClF2N3O3S/c1-13-7(4(8)2-11-13)17(15,16)12-3-5(14)6(9)10/h2,5-6,12,14H,3H2,1H3. The second kappa shape index (κ2) is 5.25. The Balaban J connectivity index is 2.84. The van der Waals surface area contributed by atoms with Crippen molar-refractivity contribution in [1.29, 1.82) is 0 Å². The van der Waals surface area contributed by atoms with Gasteiger partial charge in [-0.05, 0) is 0 Å². The minimum Gasteiger partial charge on any atom is -0.386 e. The zero-order valence-electron chi connectivity index (χ0n) is 8.64. The molecule has 0 amide bonds. The number of rotatable bonds is 5. The number of nitrogens with one attached hydrogen (secondary N) is 1. The maximum atomic E-state index is 12.0. The highest BCUT2D eigenvalue weighted by atomic mass is 35.5. The van der Waals surface area contributed by atoms with E-state index in [1.54, 1.807) is 0 Å². The molecule has 98 valence electrons. The zero-order valence-corrected chi connectivity index (χ0v) is 10.2. The van der Waals surface area contributed by atoms with Gasteiger partial charge in [-0.3, -0.25) is 4.68 Å². The van der Waals surface area contributed by atoms with Crippen molar-refractivity contribution in [3.63, 3.8) is 0 Å². The Morgan fingerprint density at radius 1 is 1.65 bits per heavy atom. The van der Waals surface area contributed by atoms with Gasteiger partial charge in [-0.1, -0.05) is 11.6 Å². The van der Waals surface area contributed by atoms with Crippen molar-refractivity contribution < 1.29 is 22.3 Å². The summed E-state index contributed by atoms with van der Waals surface area (Å²) in [6.07, 6.45) is -3.99. The number of sulfonamides is 1. The summed E-state index contributed by atoms with van der Waals surface area (Å²) in [5.74, 6) is 0. The molecule has 0 saturated heterocycles. The van der Waals surface area contributed by atoms with Gasteiger partial charge in [0, 0.05) is 13.6 Å². The van der Waals surface area contributed by atoms with Crippen LogP contribution in [0.15, 0.2) is 11.2 Å². The lowest BCUT2D eigenvalue weighted by atomic mass is 10.4. The third kappa shape index (κ3) is 3.35. The van der Waals surface area contributed by atoms with Gasteiger partial charge < -0.3 is 5.11 Å². The molecule has 1 rings (SSSR count). The fourth-order valence-corrected chi connectivity index (χ4v) is 2.76. The Kier molecular flexibility index (Phi) is 4.42. The van der Waals surface area contributed by atoms with E-state index in [0.29, 0.717) is 0 Å². The molecule has 2 N–H and O–H groups in total. The maximum Gasteiger partial charge on any atom is 0.265 e. The molecule has 0 aliphatic carbocycles. The monoisotopic (exact) mass is 289 g/mol. The summed E-state index contributed by atoms with van der Waals surface area (Å²) in [7, 11) is -2.74. The second-order valence-corrected chi connectivity index (χ2v) is 5.26. The molecular weight excluding hydrogens is 280 g/mol. The molecule has 17 heavy (non-hydrogen) atoms. The van der Waals surface area contributed by atoms with Crippen LogP contribution in [0.2, 0.25) is 5.02 Å². The molecule has 0 aromatic carbocycles. The predicted octanol–water partition coefficient (Wildman–Crippen LogP) is -0.0222. The molecule has 6 nitrogen and oxygen atoms in total. The largest absolute Gasteiger partial charge is 0.386 e. The third-order valence-electron chi connectivity index (χ3n) is 1.87. The summed E-state index contributed by atoms with van der Waals surface area (Å²) in [5.41, 5.74) is 0. The first-order valence-corrected chi connectivity index (χ1v) is 6.25. The van der Waals surface area contributed by atoms with Gasteiger partial charge in [0.25, 0.3) is 16.4 Å². The third-order valence-corrected chi connectivity index (χ3v) is 3.80. The molecule has 1 heterocycles. The van der Waals surface area contributed by atoms with Crippen molar-refractivity contribution in [2.45, 2.75) is 17.6 Å². The summed E-state index contributed by atoms with van der Waals surface area (Å²) >= 11 is 5.59. The van der Waals surface area contributed by atoms with Gasteiger partial charge in [-0.15, -0.1) is 0 Å². The summed E-state index contributed by atoms with van der Waals surface area (Å²) in [6.45, 7) is -0.804. The van der Waals surface area contributed by atoms with Crippen LogP contribution < -0.4 is 4.72 Å². The first-order valence-electron chi connectivity index (χ1n) is 4.39. The predicted molar refractivity (Wildman–Crippen MR) is 55.4 cm³/mol. The number of aliphatic hydroxyl groups is 1. The Morgan fingerprint density at radius 2 is 2.24 bits per heavy atom. The SMILES string of the molecule is Cn1ncc(Cl)c1S(=O)(=O)NCC(O)C(F)F. The molecule has 0 fully saturated rings. The van der Waals surface area contributed by atoms with Crippen molar-refractivity contribution in [2.75, 3.05) is 6.54 Å². The van der Waals surface area contributed by atoms with Crippen molar-refractivity contribution in [2.24, 2.45) is 7.05 Å². The molecule has 1 aromatic rings. The number of halogens is 3. The van der Waals surface area contributed by atoms with Gasteiger partial charge in [0.1, 0.15) is 6.10 Å². The van der Waals surface area contributed by atoms with Crippen LogP contribution in [0.1, 0.15) is 0 Å². The molecule has 0 radical (unpaired) electrons. The fourth-order valence-electron chi connectivity index (χ4n) is 1.05. The van der Waals surface area contributed by atoms with Crippen molar-refractivity contribution >= 4 is 21.6 Å². The highest BCUT2D eigenvalue weighted by molar-refractivity contribution is 7.89. The van der Waals surface area contributed by atoms with Crippen LogP contribution in [-0.4, -0.2) is 42.4 Å². The molecule has 1 atom stereocenters. The van der Waals surface area contributed by atoms with Crippen LogP contribution in [-0.2, 0) is 17.1 Å². The van der Waals surface area contributed by atoms with Crippen LogP contribution in [0.5, 0.6) is 0 Å². The normalized spacial score (nSPS) is 14.2. The highest BCUT2D eigenvalue weighted by Gasteiger charge is 2.25. The quantitative estimate of drug-likeness (QED) is 0.798. The van der Waals surface area contributed by atoms with Crippen molar-refractivity contribution in [3.05, 3.63) is 11.2 Å². The molecular formula is C7H10ClF2N3O3S. The van der Waals surface area contributed by atoms with E-state index in [1.807, 2.05) is 4.72 Å². The summed E-state index contributed by atoms with van der Waals surface area (Å²) in [5, 5.41) is 11.9. The van der Waals surface area contributed by atoms with Crippen LogP contribution in [0.3, 0.4) is 0 Å². The van der Waals surface area contributed by atoms with E-state index in [-0.39, 0.29) is 10.0 Å². The Morgan fingerprint density at radius 3 is 2.65 bits per heavy atom. The molecule has 10 heteroatoms. The number of nitrogens with zero attached hydrogens (tertiary/aromatic N) is 2. The average molecular weight is 290 g/mol. The highest BCUT2D eigenvalue weighted by Crippen LogP contribution is 2.19. The first kappa shape index (κ1) is 14.3. The average Bonchev–Trinajstić information content (AvgIpc) is 2.55. The van der Waals surface area contributed by atoms with E-state index < -0.39 is 29.1 Å². The maximum absolute atomic E-state index is 12.0. The molecule has 0 aliphatic rings. The molecule has 0 aliphatic heterocycles. The van der Waals surface area contributed by atoms with Gasteiger partial charge >= 0.3 is 0 Å². The van der Waals surface area contributed by atoms with E-state index in [1.165, 1.54) is 7.05 Å². The fraction of sp³-hybridized carbons (Fsp3) is 0.571. The molecule has 0 spiro atoms. The van der Waals surface area contributed by atoms with Gasteiger partial charge in [-0.2, -0.15) is 5.10 Å². The van der Waals surface area contributed by atoms with E-state index >= 15 is 0 Å². The number of aromatic nitrogens is 2. The number of alkyl halides is 2. The minimum atomic E-state index is -4.08. The van der Waals surface area contributed by atoms with E-state index in [0.717, 1.165) is 10.9 Å². The Hall–Kier alpha value is -0.770. The summed E-state index contributed by atoms with van der Waals surface area (Å²) in [4.78, 5) is 0. The number of hydrogen-bond acceptors (Lipinski definition) is 4. The summed E-state index contributed by atoms with van der Waals surface area (Å²) in [6, 6.07) is 0. The van der Waals surface area contributed by atoms with Crippen molar-refractivity contribution in [3.8, 4) is 0 Å². The Labute approximate surface area is 101 Å². The second-order valence-electron chi connectivity index (χ2n) is 3.17. The van der Waals surface area contributed by atoms with Gasteiger partial charge in [0.05, 0.1) is 11.2 Å². The van der Waals surface area contributed by atoms with Gasteiger partial charge in [0.2, 0.25) is 0 Å². The van der Waals surface area contributed by atoms with Gasteiger partial charge in [0.15, 0.2) is 5.03 Å². The lowest BCUT2D eigenvalue weighted by Gasteiger charge is -2.11. The van der Waals surface area contributed by atoms with Crippen molar-refractivity contribution in [1.82, 2.24) is 14.5 Å². The molecule has 1 unspecified atom stereocenters.